The molecule has 0 saturated heterocycles. The zero-order valence-corrected chi connectivity index (χ0v) is 14.2. The Morgan fingerprint density at radius 1 is 0.800 bits per heavy atom. The van der Waals surface area contributed by atoms with E-state index in [0.29, 0.717) is 16.2 Å². The summed E-state index contributed by atoms with van der Waals surface area (Å²) in [6.07, 6.45) is 13.5. The van der Waals surface area contributed by atoms with E-state index in [9.17, 15) is 0 Å². The molecule has 1 saturated carbocycles. The van der Waals surface area contributed by atoms with Crippen molar-refractivity contribution in [3.63, 3.8) is 0 Å². The summed E-state index contributed by atoms with van der Waals surface area (Å²) < 4.78 is 0. The van der Waals surface area contributed by atoms with Crippen molar-refractivity contribution in [2.75, 3.05) is 0 Å². The summed E-state index contributed by atoms with van der Waals surface area (Å²) in [5.41, 5.74) is 6.89. The van der Waals surface area contributed by atoms with Crippen molar-refractivity contribution < 1.29 is 0 Å². The number of hydrogen-bond donors (Lipinski definition) is 0. The van der Waals surface area contributed by atoms with Crippen LogP contribution in [0.5, 0.6) is 0 Å². The van der Waals surface area contributed by atoms with Gasteiger partial charge in [-0.3, -0.25) is 0 Å². The van der Waals surface area contributed by atoms with Crippen molar-refractivity contribution in [2.24, 2.45) is 16.2 Å². The van der Waals surface area contributed by atoms with E-state index in [4.69, 9.17) is 0 Å². The van der Waals surface area contributed by atoms with Crippen LogP contribution in [0.15, 0.2) is 22.8 Å². The average molecular weight is 272 g/mol. The Kier molecular flexibility index (Phi) is 3.23. The van der Waals surface area contributed by atoms with Crippen LogP contribution in [0, 0.1) is 16.2 Å². The first-order chi connectivity index (χ1) is 9.24. The van der Waals surface area contributed by atoms with Gasteiger partial charge in [-0.25, -0.2) is 0 Å². The van der Waals surface area contributed by atoms with Gasteiger partial charge in [-0.2, -0.15) is 0 Å². The maximum absolute atomic E-state index is 2.56. The molecule has 2 atom stereocenters. The third kappa shape index (κ3) is 2.30. The van der Waals surface area contributed by atoms with Crippen LogP contribution >= 0.6 is 0 Å². The summed E-state index contributed by atoms with van der Waals surface area (Å²) in [5, 5.41) is 0. The van der Waals surface area contributed by atoms with Gasteiger partial charge in [-0.05, 0) is 74.5 Å². The van der Waals surface area contributed by atoms with Crippen molar-refractivity contribution in [3.8, 4) is 0 Å². The standard InChI is InChI=1S/C20H32/c1-15-6-7-16-17-14-18(2,3)10-11-20(17,5)13-12-19(16,4)9-8-15/h8H,6-7,9-14H2,1-5H3/t19-,20-/m1/s1. The summed E-state index contributed by atoms with van der Waals surface area (Å²) in [6, 6.07) is 0. The lowest BCUT2D eigenvalue weighted by molar-refractivity contribution is 0.130. The van der Waals surface area contributed by atoms with Gasteiger partial charge in [0.15, 0.2) is 0 Å². The SMILES string of the molecule is CC1=CC[C@]2(C)CC[C@@]3(C)CCC(C)(C)CC3=C2CC1. The predicted octanol–water partition coefficient (Wildman–Crippen LogP) is 6.43. The summed E-state index contributed by atoms with van der Waals surface area (Å²) in [4.78, 5) is 0. The molecule has 0 heterocycles. The quantitative estimate of drug-likeness (QED) is 0.446. The Morgan fingerprint density at radius 2 is 1.45 bits per heavy atom. The average Bonchev–Trinajstić information content (AvgIpc) is 2.52. The van der Waals surface area contributed by atoms with E-state index in [0.717, 1.165) is 0 Å². The lowest BCUT2D eigenvalue weighted by atomic mass is 9.53. The summed E-state index contributed by atoms with van der Waals surface area (Å²) in [6.45, 7) is 12.4. The molecule has 0 amide bonds. The van der Waals surface area contributed by atoms with E-state index in [1.165, 1.54) is 51.4 Å². The van der Waals surface area contributed by atoms with Gasteiger partial charge in [0.2, 0.25) is 0 Å². The Balaban J connectivity index is 2.07. The van der Waals surface area contributed by atoms with Crippen molar-refractivity contribution in [1.82, 2.24) is 0 Å². The second-order valence-corrected chi connectivity index (χ2v) is 9.17. The minimum atomic E-state index is 0.472. The summed E-state index contributed by atoms with van der Waals surface area (Å²) in [7, 11) is 0. The van der Waals surface area contributed by atoms with E-state index in [1.807, 2.05) is 11.1 Å². The number of hydrogen-bond acceptors (Lipinski definition) is 0. The lowest BCUT2D eigenvalue weighted by Gasteiger charge is -2.52. The third-order valence-corrected chi connectivity index (χ3v) is 6.73. The van der Waals surface area contributed by atoms with Crippen LogP contribution in [0.4, 0.5) is 0 Å². The lowest BCUT2D eigenvalue weighted by Crippen LogP contribution is -2.39. The van der Waals surface area contributed by atoms with Gasteiger partial charge in [0.1, 0.15) is 0 Å². The third-order valence-electron chi connectivity index (χ3n) is 6.73. The molecule has 0 aliphatic heterocycles. The zero-order chi connectivity index (χ0) is 14.6. The first-order valence-electron chi connectivity index (χ1n) is 8.63. The monoisotopic (exact) mass is 272 g/mol. The van der Waals surface area contributed by atoms with Crippen LogP contribution in [0.25, 0.3) is 0 Å². The van der Waals surface area contributed by atoms with Crippen molar-refractivity contribution in [1.29, 1.82) is 0 Å². The van der Waals surface area contributed by atoms with Crippen molar-refractivity contribution >= 4 is 0 Å². The molecule has 0 radical (unpaired) electrons. The molecule has 3 aliphatic carbocycles. The van der Waals surface area contributed by atoms with Crippen LogP contribution in [0.2, 0.25) is 0 Å². The van der Waals surface area contributed by atoms with Crippen LogP contribution in [-0.2, 0) is 0 Å². The Labute approximate surface area is 125 Å². The molecule has 0 aromatic rings. The fourth-order valence-electron chi connectivity index (χ4n) is 4.86. The van der Waals surface area contributed by atoms with Gasteiger partial charge in [0.25, 0.3) is 0 Å². The van der Waals surface area contributed by atoms with E-state index in [1.54, 1.807) is 5.57 Å². The molecule has 0 nitrogen and oxygen atoms in total. The molecule has 0 aromatic carbocycles. The summed E-state index contributed by atoms with van der Waals surface area (Å²) in [5.74, 6) is 0. The van der Waals surface area contributed by atoms with Crippen LogP contribution < -0.4 is 0 Å². The molecular weight excluding hydrogens is 240 g/mol. The van der Waals surface area contributed by atoms with E-state index >= 15 is 0 Å². The smallest absolute Gasteiger partial charge is 0.00785 e. The minimum absolute atomic E-state index is 0.472. The van der Waals surface area contributed by atoms with E-state index in [-0.39, 0.29) is 0 Å². The molecule has 3 aliphatic rings. The number of fused-ring (bicyclic) bond motifs is 2. The fourth-order valence-corrected chi connectivity index (χ4v) is 4.86. The van der Waals surface area contributed by atoms with Crippen molar-refractivity contribution in [2.45, 2.75) is 86.0 Å². The highest BCUT2D eigenvalue weighted by molar-refractivity contribution is 5.35. The maximum Gasteiger partial charge on any atom is -0.00785 e. The van der Waals surface area contributed by atoms with Gasteiger partial charge in [-0.15, -0.1) is 0 Å². The van der Waals surface area contributed by atoms with Crippen LogP contribution in [0.1, 0.15) is 86.0 Å². The highest BCUT2D eigenvalue weighted by Gasteiger charge is 2.47. The predicted molar refractivity (Wildman–Crippen MR) is 87.7 cm³/mol. The van der Waals surface area contributed by atoms with Gasteiger partial charge in [-0.1, -0.05) is 50.5 Å². The number of rotatable bonds is 0. The zero-order valence-electron chi connectivity index (χ0n) is 14.2. The van der Waals surface area contributed by atoms with Gasteiger partial charge < -0.3 is 0 Å². The molecule has 0 unspecified atom stereocenters. The minimum Gasteiger partial charge on any atom is -0.0847 e. The topological polar surface area (TPSA) is 0 Å². The molecule has 3 rings (SSSR count). The Hall–Kier alpha value is -0.520. The Bertz CT molecular complexity index is 476. The van der Waals surface area contributed by atoms with Gasteiger partial charge in [0, 0.05) is 0 Å². The van der Waals surface area contributed by atoms with Crippen LogP contribution in [-0.4, -0.2) is 0 Å². The molecule has 20 heavy (non-hydrogen) atoms. The second kappa shape index (κ2) is 4.49. The molecule has 0 bridgehead atoms. The highest BCUT2D eigenvalue weighted by atomic mass is 14.5. The normalized spacial score (nSPS) is 40.5. The summed E-state index contributed by atoms with van der Waals surface area (Å²) >= 11 is 0. The van der Waals surface area contributed by atoms with Crippen LogP contribution in [0.3, 0.4) is 0 Å². The maximum atomic E-state index is 2.56. The second-order valence-electron chi connectivity index (χ2n) is 9.17. The number of allylic oxidation sites excluding steroid dienone is 4. The largest absolute Gasteiger partial charge is 0.0847 e. The fraction of sp³-hybridized carbons (Fsp3) is 0.800. The molecule has 0 aromatic heterocycles. The van der Waals surface area contributed by atoms with Gasteiger partial charge >= 0.3 is 0 Å². The molecular formula is C20H32. The van der Waals surface area contributed by atoms with Crippen molar-refractivity contribution in [3.05, 3.63) is 22.8 Å². The molecule has 0 heteroatoms. The first-order valence-corrected chi connectivity index (χ1v) is 8.63. The molecule has 0 N–H and O–H groups in total. The van der Waals surface area contributed by atoms with E-state index < -0.39 is 0 Å². The highest BCUT2D eigenvalue weighted by Crippen LogP contribution is 2.60. The molecule has 0 spiro atoms. The van der Waals surface area contributed by atoms with E-state index in [2.05, 4.69) is 40.7 Å². The molecule has 112 valence electrons. The first kappa shape index (κ1) is 14.4. The Morgan fingerprint density at radius 3 is 2.20 bits per heavy atom. The van der Waals surface area contributed by atoms with Gasteiger partial charge in [0.05, 0.1) is 0 Å². The molecule has 1 fully saturated rings.